The number of rotatable bonds is 20. The zero-order valence-corrected chi connectivity index (χ0v) is 33.4. The first kappa shape index (κ1) is 42.6. The normalized spacial score (nSPS) is 14.0. The molecule has 0 saturated heterocycles. The lowest BCUT2D eigenvalue weighted by Crippen LogP contribution is -2.43. The monoisotopic (exact) mass is 747 g/mol. The summed E-state index contributed by atoms with van der Waals surface area (Å²) in [7, 11) is 1.83. The van der Waals surface area contributed by atoms with E-state index in [4.69, 9.17) is 9.47 Å². The molecule has 1 aliphatic rings. The Bertz CT molecular complexity index is 1700. The highest BCUT2D eigenvalue weighted by Gasteiger charge is 2.32. The second kappa shape index (κ2) is 19.4. The van der Waals surface area contributed by atoms with Gasteiger partial charge in [0.05, 0.1) is 31.0 Å². The molecule has 13 heteroatoms. The maximum atomic E-state index is 13.9. The molecule has 1 aromatic heterocycles. The lowest BCUT2D eigenvalue weighted by Gasteiger charge is -2.30. The quantitative estimate of drug-likeness (QED) is 0.114. The van der Waals surface area contributed by atoms with Crippen molar-refractivity contribution < 1.29 is 29.0 Å². The van der Waals surface area contributed by atoms with Crippen molar-refractivity contribution in [1.82, 2.24) is 30.9 Å². The Kier molecular flexibility index (Phi) is 15.3. The number of amides is 3. The van der Waals surface area contributed by atoms with Crippen molar-refractivity contribution in [3.63, 3.8) is 0 Å². The standard InChI is InChI=1S/C41H61N7O6/c1-28(2)25-29(3)44-39(52)40(4,5)20-23-54-41(6,7)19-21-43-34(49)17-18-35(50)47-26-30-13-9-10-14-31(30)38-37(32-15-11-12-16-33(32)47)45-46-48(38)36(51)27-53-24-22-42-8/h9-16,28-29,36,42,51H,17-27H2,1-8H3,(H,43,49)(H,44,52). The van der Waals surface area contributed by atoms with Gasteiger partial charge in [-0.25, -0.2) is 4.68 Å². The third-order valence-electron chi connectivity index (χ3n) is 9.74. The molecule has 2 aromatic carbocycles. The van der Waals surface area contributed by atoms with Gasteiger partial charge in [0, 0.05) is 55.1 Å². The average Bonchev–Trinajstić information content (AvgIpc) is 3.55. The van der Waals surface area contributed by atoms with E-state index in [1.807, 2.05) is 90.2 Å². The molecule has 54 heavy (non-hydrogen) atoms. The molecule has 0 bridgehead atoms. The number of carbonyl (C=O) groups excluding carboxylic acids is 3. The molecule has 1 aliphatic heterocycles. The number of nitrogens with zero attached hydrogens (tertiary/aromatic N) is 4. The number of aliphatic hydroxyl groups is 1. The van der Waals surface area contributed by atoms with E-state index in [9.17, 15) is 19.5 Å². The zero-order chi connectivity index (χ0) is 39.5. The first-order valence-electron chi connectivity index (χ1n) is 19.2. The Labute approximate surface area is 320 Å². The van der Waals surface area contributed by atoms with Crippen LogP contribution in [0, 0.1) is 11.3 Å². The van der Waals surface area contributed by atoms with Gasteiger partial charge in [-0.3, -0.25) is 14.4 Å². The number of fused-ring (bicyclic) bond motifs is 5. The molecular weight excluding hydrogens is 686 g/mol. The number of aliphatic hydroxyl groups excluding tert-OH is 1. The molecule has 2 atom stereocenters. The Morgan fingerprint density at radius 2 is 1.63 bits per heavy atom. The fourth-order valence-electron chi connectivity index (χ4n) is 6.54. The summed E-state index contributed by atoms with van der Waals surface area (Å²) in [5.41, 5.74) is 3.09. The van der Waals surface area contributed by atoms with Crippen LogP contribution in [0.2, 0.25) is 0 Å². The third-order valence-corrected chi connectivity index (χ3v) is 9.74. The minimum Gasteiger partial charge on any atom is -0.375 e. The predicted octanol–water partition coefficient (Wildman–Crippen LogP) is 5.23. The first-order chi connectivity index (χ1) is 25.6. The van der Waals surface area contributed by atoms with E-state index < -0.39 is 17.2 Å². The van der Waals surface area contributed by atoms with Gasteiger partial charge in [-0.2, -0.15) is 0 Å². The molecule has 2 heterocycles. The van der Waals surface area contributed by atoms with E-state index in [1.165, 1.54) is 4.68 Å². The summed E-state index contributed by atoms with van der Waals surface area (Å²) in [5.74, 6) is 0.116. The van der Waals surface area contributed by atoms with Gasteiger partial charge in [0.15, 0.2) is 6.23 Å². The summed E-state index contributed by atoms with van der Waals surface area (Å²) in [6.07, 6.45) is 1.04. The summed E-state index contributed by atoms with van der Waals surface area (Å²) in [4.78, 5) is 41.5. The van der Waals surface area contributed by atoms with Crippen LogP contribution >= 0.6 is 0 Å². The summed E-state index contributed by atoms with van der Waals surface area (Å²) >= 11 is 0. The van der Waals surface area contributed by atoms with E-state index in [0.717, 1.165) is 17.5 Å². The van der Waals surface area contributed by atoms with Gasteiger partial charge in [-0.1, -0.05) is 75.4 Å². The summed E-state index contributed by atoms with van der Waals surface area (Å²) in [6, 6.07) is 15.3. The van der Waals surface area contributed by atoms with Crippen molar-refractivity contribution in [2.45, 2.75) is 105 Å². The SMILES string of the molecule is CNCCOCC(O)n1nnc2c1-c1ccccc1CN(C(=O)CCC(=O)NCCC(C)(C)OCCC(C)(C)C(=O)NC(C)CC(C)C)c1ccccc1-2. The largest absolute Gasteiger partial charge is 0.375 e. The molecule has 0 fully saturated rings. The molecule has 2 unspecified atom stereocenters. The third kappa shape index (κ3) is 11.7. The molecule has 4 rings (SSSR count). The second-order valence-corrected chi connectivity index (χ2v) is 15.9. The number of hydrogen-bond donors (Lipinski definition) is 4. The van der Waals surface area contributed by atoms with Crippen LogP contribution in [0.1, 0.15) is 92.4 Å². The number of para-hydroxylation sites is 1. The number of aromatic nitrogens is 3. The molecule has 3 aromatic rings. The van der Waals surface area contributed by atoms with Crippen molar-refractivity contribution in [2.75, 3.05) is 44.9 Å². The van der Waals surface area contributed by atoms with Crippen LogP contribution in [0.15, 0.2) is 48.5 Å². The Morgan fingerprint density at radius 1 is 0.926 bits per heavy atom. The summed E-state index contributed by atoms with van der Waals surface area (Å²) in [6.45, 7) is 16.3. The predicted molar refractivity (Wildman–Crippen MR) is 210 cm³/mol. The minimum absolute atomic E-state index is 0.0113. The van der Waals surface area contributed by atoms with Crippen molar-refractivity contribution in [3.05, 3.63) is 54.1 Å². The summed E-state index contributed by atoms with van der Waals surface area (Å²) < 4.78 is 13.3. The van der Waals surface area contributed by atoms with Gasteiger partial charge in [0.25, 0.3) is 0 Å². The molecule has 4 N–H and O–H groups in total. The molecule has 0 radical (unpaired) electrons. The van der Waals surface area contributed by atoms with Crippen LogP contribution < -0.4 is 20.9 Å². The Morgan fingerprint density at radius 3 is 2.35 bits per heavy atom. The Hall–Kier alpha value is -4.17. The minimum atomic E-state index is -1.07. The van der Waals surface area contributed by atoms with Crippen molar-refractivity contribution in [3.8, 4) is 22.5 Å². The van der Waals surface area contributed by atoms with Gasteiger partial charge in [-0.05, 0) is 64.6 Å². The maximum absolute atomic E-state index is 13.9. The number of ether oxygens (including phenoxy) is 2. The van der Waals surface area contributed by atoms with Crippen LogP contribution in [-0.2, 0) is 30.4 Å². The summed E-state index contributed by atoms with van der Waals surface area (Å²) in [5, 5.41) is 29.0. The fourth-order valence-corrected chi connectivity index (χ4v) is 6.54. The topological polar surface area (TPSA) is 160 Å². The number of benzene rings is 2. The van der Waals surface area contributed by atoms with Crippen molar-refractivity contribution in [1.29, 1.82) is 0 Å². The lowest BCUT2D eigenvalue weighted by atomic mass is 9.88. The molecule has 0 saturated carbocycles. The number of carbonyl (C=O) groups is 3. The van der Waals surface area contributed by atoms with Crippen LogP contribution in [0.4, 0.5) is 5.69 Å². The maximum Gasteiger partial charge on any atom is 0.227 e. The number of nitrogens with one attached hydrogen (secondary N) is 3. The molecule has 3 amide bonds. The van der Waals surface area contributed by atoms with Crippen LogP contribution in [-0.4, -0.2) is 89.4 Å². The number of hydrogen-bond acceptors (Lipinski definition) is 9. The van der Waals surface area contributed by atoms with Crippen molar-refractivity contribution in [2.24, 2.45) is 11.3 Å². The van der Waals surface area contributed by atoms with Crippen molar-refractivity contribution >= 4 is 23.4 Å². The lowest BCUT2D eigenvalue weighted by molar-refractivity contribution is -0.132. The number of anilines is 1. The van der Waals surface area contributed by atoms with Gasteiger partial charge >= 0.3 is 0 Å². The second-order valence-electron chi connectivity index (χ2n) is 15.9. The van der Waals surface area contributed by atoms with Crippen LogP contribution in [0.3, 0.4) is 0 Å². The van der Waals surface area contributed by atoms with Gasteiger partial charge < -0.3 is 35.4 Å². The van der Waals surface area contributed by atoms with Gasteiger partial charge in [0.2, 0.25) is 17.7 Å². The average molecular weight is 748 g/mol. The highest BCUT2D eigenvalue weighted by Crippen LogP contribution is 2.41. The zero-order valence-electron chi connectivity index (χ0n) is 33.4. The van der Waals surface area contributed by atoms with Gasteiger partial charge in [0.1, 0.15) is 11.4 Å². The van der Waals surface area contributed by atoms with Crippen LogP contribution in [0.5, 0.6) is 0 Å². The van der Waals surface area contributed by atoms with E-state index >= 15 is 0 Å². The highest BCUT2D eigenvalue weighted by atomic mass is 16.5. The fraction of sp³-hybridized carbons (Fsp3) is 0.585. The molecular formula is C41H61N7O6. The molecule has 0 aliphatic carbocycles. The van der Waals surface area contributed by atoms with Gasteiger partial charge in [-0.15, -0.1) is 5.10 Å². The number of likely N-dealkylation sites (N-methyl/N-ethyl adjacent to an activating group) is 1. The smallest absolute Gasteiger partial charge is 0.227 e. The van der Waals surface area contributed by atoms with E-state index in [1.54, 1.807) is 4.90 Å². The van der Waals surface area contributed by atoms with E-state index in [-0.39, 0.29) is 49.8 Å². The molecule has 296 valence electrons. The first-order valence-corrected chi connectivity index (χ1v) is 19.2. The Balaban J connectivity index is 1.35. The molecule has 13 nitrogen and oxygen atoms in total. The highest BCUT2D eigenvalue weighted by molar-refractivity contribution is 6.01. The van der Waals surface area contributed by atoms with E-state index in [2.05, 4.69) is 40.1 Å². The molecule has 0 spiro atoms. The van der Waals surface area contributed by atoms with E-state index in [0.29, 0.717) is 67.7 Å². The van der Waals surface area contributed by atoms with Crippen LogP contribution in [0.25, 0.3) is 22.5 Å².